The molecule has 0 fully saturated rings. The molecule has 0 bridgehead atoms. The third kappa shape index (κ3) is 6.23. The van der Waals surface area contributed by atoms with E-state index < -0.39 is 0 Å². The quantitative estimate of drug-likeness (QED) is 0.166. The smallest absolute Gasteiger partial charge is 0.0113 e. The normalized spacial score (nSPS) is 11.1. The van der Waals surface area contributed by atoms with Crippen LogP contribution in [0, 0.1) is 20.8 Å². The Labute approximate surface area is 248 Å². The van der Waals surface area contributed by atoms with Crippen molar-refractivity contribution in [3.05, 3.63) is 131 Å². The minimum absolute atomic E-state index is 1.15. The second-order valence-corrected chi connectivity index (χ2v) is 11.5. The molecule has 0 aromatic heterocycles. The van der Waals surface area contributed by atoms with Crippen LogP contribution in [0.4, 0.5) is 0 Å². The summed E-state index contributed by atoms with van der Waals surface area (Å²) in [4.78, 5) is 0. The van der Waals surface area contributed by atoms with Gasteiger partial charge in [0, 0.05) is 0 Å². The number of unbranched alkanes of at least 4 members (excludes halogenated alkanes) is 2. The molecule has 0 heterocycles. The van der Waals surface area contributed by atoms with Crippen molar-refractivity contribution in [2.45, 2.75) is 73.1 Å². The zero-order chi connectivity index (χ0) is 28.8. The Hall–Kier alpha value is -3.90. The van der Waals surface area contributed by atoms with Crippen molar-refractivity contribution in [3.8, 4) is 44.5 Å². The minimum atomic E-state index is 1.15. The maximum atomic E-state index is 2.34. The molecule has 0 radical (unpaired) electrons. The van der Waals surface area contributed by atoms with Gasteiger partial charge in [-0.1, -0.05) is 130 Å². The van der Waals surface area contributed by atoms with E-state index >= 15 is 0 Å². The Balaban J connectivity index is 1.66. The number of rotatable bonds is 10. The molecule has 41 heavy (non-hydrogen) atoms. The van der Waals surface area contributed by atoms with Gasteiger partial charge in [-0.3, -0.25) is 0 Å². The Bertz CT molecular complexity index is 1490. The van der Waals surface area contributed by atoms with Crippen LogP contribution in [0.3, 0.4) is 0 Å². The molecular weight excluding hydrogens is 492 g/mol. The predicted molar refractivity (Wildman–Crippen MR) is 180 cm³/mol. The molecule has 0 aliphatic rings. The van der Waals surface area contributed by atoms with Gasteiger partial charge in [0.05, 0.1) is 0 Å². The van der Waals surface area contributed by atoms with Gasteiger partial charge in [-0.05, 0) is 119 Å². The lowest BCUT2D eigenvalue weighted by Crippen LogP contribution is -2.01. The Kier molecular flexibility index (Phi) is 9.20. The van der Waals surface area contributed by atoms with Gasteiger partial charge >= 0.3 is 0 Å². The van der Waals surface area contributed by atoms with E-state index in [1.165, 1.54) is 98.0 Å². The molecule has 0 saturated carbocycles. The van der Waals surface area contributed by atoms with Crippen LogP contribution in [-0.4, -0.2) is 0 Å². The summed E-state index contributed by atoms with van der Waals surface area (Å²) in [6.45, 7) is 11.5. The van der Waals surface area contributed by atoms with Crippen LogP contribution in [0.1, 0.15) is 67.3 Å². The van der Waals surface area contributed by atoms with Gasteiger partial charge in [0.2, 0.25) is 0 Å². The summed E-state index contributed by atoms with van der Waals surface area (Å²) < 4.78 is 0. The van der Waals surface area contributed by atoms with E-state index in [4.69, 9.17) is 0 Å². The van der Waals surface area contributed by atoms with Gasteiger partial charge in [-0.25, -0.2) is 0 Å². The number of aryl methyl sites for hydroxylation is 2. The van der Waals surface area contributed by atoms with Gasteiger partial charge < -0.3 is 0 Å². The summed E-state index contributed by atoms with van der Waals surface area (Å²) in [6.07, 6.45) is 7.23. The van der Waals surface area contributed by atoms with Crippen LogP contribution in [0.15, 0.2) is 103 Å². The first kappa shape index (κ1) is 28.6. The molecule has 0 heteroatoms. The molecule has 0 nitrogen and oxygen atoms in total. The van der Waals surface area contributed by atoms with Crippen molar-refractivity contribution in [2.75, 3.05) is 0 Å². The maximum absolute atomic E-state index is 2.34. The van der Waals surface area contributed by atoms with Crippen LogP contribution >= 0.6 is 0 Å². The fraction of sp³-hybridized carbons (Fsp3) is 0.268. The van der Waals surface area contributed by atoms with Crippen molar-refractivity contribution in [1.29, 1.82) is 0 Å². The molecule has 5 aromatic carbocycles. The number of hydrogen-bond acceptors (Lipinski definition) is 0. The van der Waals surface area contributed by atoms with Gasteiger partial charge in [0.25, 0.3) is 0 Å². The Morgan fingerprint density at radius 1 is 0.366 bits per heavy atom. The average molecular weight is 537 g/mol. The fourth-order valence-corrected chi connectivity index (χ4v) is 6.42. The minimum Gasteiger partial charge on any atom is -0.0654 e. The Morgan fingerprint density at radius 2 is 0.683 bits per heavy atom. The molecule has 0 saturated heterocycles. The van der Waals surface area contributed by atoms with Crippen molar-refractivity contribution in [1.82, 2.24) is 0 Å². The zero-order valence-electron chi connectivity index (χ0n) is 25.6. The molecular formula is C41H44. The lowest BCUT2D eigenvalue weighted by atomic mass is 9.80. The zero-order valence-corrected chi connectivity index (χ0v) is 25.6. The highest BCUT2D eigenvalue weighted by Gasteiger charge is 2.20. The largest absolute Gasteiger partial charge is 0.0654 e. The van der Waals surface area contributed by atoms with Crippen molar-refractivity contribution < 1.29 is 0 Å². The average Bonchev–Trinajstić information content (AvgIpc) is 3.01. The van der Waals surface area contributed by atoms with Crippen molar-refractivity contribution >= 4 is 0 Å². The first-order valence-electron chi connectivity index (χ1n) is 15.5. The van der Waals surface area contributed by atoms with E-state index in [0.29, 0.717) is 0 Å². The second-order valence-electron chi connectivity index (χ2n) is 11.5. The summed E-state index contributed by atoms with van der Waals surface area (Å²) in [6, 6.07) is 38.5. The summed E-state index contributed by atoms with van der Waals surface area (Å²) in [5, 5.41) is 0. The highest BCUT2D eigenvalue weighted by Crippen LogP contribution is 2.44. The lowest BCUT2D eigenvalue weighted by Gasteiger charge is -2.24. The Morgan fingerprint density at radius 3 is 1.05 bits per heavy atom. The van der Waals surface area contributed by atoms with Crippen molar-refractivity contribution in [3.63, 3.8) is 0 Å². The van der Waals surface area contributed by atoms with Crippen LogP contribution in [0.5, 0.6) is 0 Å². The monoisotopic (exact) mass is 536 g/mol. The molecule has 5 rings (SSSR count). The molecule has 5 aromatic rings. The van der Waals surface area contributed by atoms with Gasteiger partial charge in [0.15, 0.2) is 0 Å². The summed E-state index contributed by atoms with van der Waals surface area (Å²) >= 11 is 0. The third-order valence-electron chi connectivity index (χ3n) is 8.65. The van der Waals surface area contributed by atoms with Gasteiger partial charge in [0.1, 0.15) is 0 Å². The molecule has 208 valence electrons. The van der Waals surface area contributed by atoms with Crippen LogP contribution in [0.2, 0.25) is 0 Å². The standard InChI is InChI=1S/C41H44/c1-6-8-13-32-17-21-36(22-18-32)39-29(3)40(37-23-19-33(20-24-37)14-9-7-2)31(5)41(30(39)4)38-27-25-35(26-28-38)34-15-11-10-12-16-34/h10-12,15-28H,6-9,13-14H2,1-5H3. The van der Waals surface area contributed by atoms with E-state index in [0.717, 1.165) is 12.8 Å². The summed E-state index contributed by atoms with van der Waals surface area (Å²) in [5.41, 5.74) is 17.4. The highest BCUT2D eigenvalue weighted by atomic mass is 14.2. The van der Waals surface area contributed by atoms with E-state index in [-0.39, 0.29) is 0 Å². The van der Waals surface area contributed by atoms with E-state index in [1.54, 1.807) is 0 Å². The van der Waals surface area contributed by atoms with Crippen molar-refractivity contribution in [2.24, 2.45) is 0 Å². The lowest BCUT2D eigenvalue weighted by molar-refractivity contribution is 0.795. The van der Waals surface area contributed by atoms with Gasteiger partial charge in [-0.15, -0.1) is 0 Å². The van der Waals surface area contributed by atoms with E-state index in [9.17, 15) is 0 Å². The van der Waals surface area contributed by atoms with Crippen LogP contribution < -0.4 is 0 Å². The third-order valence-corrected chi connectivity index (χ3v) is 8.65. The molecule has 0 atom stereocenters. The molecule has 0 N–H and O–H groups in total. The molecule has 0 unspecified atom stereocenters. The second kappa shape index (κ2) is 13.2. The van der Waals surface area contributed by atoms with Crippen LogP contribution in [-0.2, 0) is 12.8 Å². The topological polar surface area (TPSA) is 0 Å². The van der Waals surface area contributed by atoms with E-state index in [1.807, 2.05) is 0 Å². The highest BCUT2D eigenvalue weighted by molar-refractivity contribution is 5.91. The van der Waals surface area contributed by atoms with E-state index in [2.05, 4.69) is 138 Å². The molecule has 0 aliphatic carbocycles. The fourth-order valence-electron chi connectivity index (χ4n) is 6.42. The first-order chi connectivity index (χ1) is 20.0. The summed E-state index contributed by atoms with van der Waals surface area (Å²) in [5.74, 6) is 0. The summed E-state index contributed by atoms with van der Waals surface area (Å²) in [7, 11) is 0. The molecule has 0 spiro atoms. The van der Waals surface area contributed by atoms with Crippen LogP contribution in [0.25, 0.3) is 44.5 Å². The molecule has 0 aliphatic heterocycles. The first-order valence-corrected chi connectivity index (χ1v) is 15.5. The predicted octanol–water partition coefficient (Wildman–Crippen LogP) is 12.0. The molecule has 0 amide bonds. The maximum Gasteiger partial charge on any atom is -0.0113 e. The van der Waals surface area contributed by atoms with Gasteiger partial charge in [-0.2, -0.15) is 0 Å². The SMILES string of the molecule is CCCCc1ccc(-c2c(C)c(-c3ccc(CCCC)cc3)c(C)c(-c3ccc(-c4ccccc4)cc3)c2C)cc1. The number of benzene rings is 5. The number of hydrogen-bond donors (Lipinski definition) is 0.